The molecule has 10 heteroatoms. The third-order valence-corrected chi connectivity index (χ3v) is 4.75. The van der Waals surface area contributed by atoms with Crippen LogP contribution in [-0.2, 0) is 4.79 Å². The standard InChI is InChI=1S/C23H16ClFN2O6/c1-12(21(28)26-18-8-2-13(22(29)30)10-17(18)25)31-15-4-6-16(7-5-15)32-23-27-19-9-3-14(24)11-20(19)33-23/h2-12H,1H3,(H,26,28)(H,29,30)/t12-/m1/s1. The summed E-state index contributed by atoms with van der Waals surface area (Å²) in [5.74, 6) is -1.94. The van der Waals surface area contributed by atoms with Crippen molar-refractivity contribution < 1.29 is 33.0 Å². The fourth-order valence-corrected chi connectivity index (χ4v) is 3.01. The van der Waals surface area contributed by atoms with Crippen LogP contribution in [0.2, 0.25) is 5.02 Å². The molecule has 0 bridgehead atoms. The zero-order valence-corrected chi connectivity index (χ0v) is 17.8. The Bertz CT molecular complexity index is 1340. The molecule has 33 heavy (non-hydrogen) atoms. The van der Waals surface area contributed by atoms with Gasteiger partial charge < -0.3 is 24.3 Å². The molecule has 2 N–H and O–H groups in total. The van der Waals surface area contributed by atoms with E-state index in [1.165, 1.54) is 19.1 Å². The van der Waals surface area contributed by atoms with E-state index in [0.717, 1.165) is 6.07 Å². The summed E-state index contributed by atoms with van der Waals surface area (Å²) in [6.45, 7) is 1.49. The second-order valence-corrected chi connectivity index (χ2v) is 7.35. The fraction of sp³-hybridized carbons (Fsp3) is 0.0870. The predicted octanol–water partition coefficient (Wildman–Crippen LogP) is 5.52. The molecule has 1 aromatic heterocycles. The van der Waals surface area contributed by atoms with Gasteiger partial charge >= 0.3 is 12.0 Å². The number of nitrogens with zero attached hydrogens (tertiary/aromatic N) is 1. The van der Waals surface area contributed by atoms with Crippen LogP contribution in [-0.4, -0.2) is 28.1 Å². The van der Waals surface area contributed by atoms with Crippen LogP contribution in [0.3, 0.4) is 0 Å². The number of fused-ring (bicyclic) bond motifs is 1. The minimum absolute atomic E-state index is 0.0459. The van der Waals surface area contributed by atoms with Gasteiger partial charge in [0.15, 0.2) is 11.7 Å². The number of ether oxygens (including phenoxy) is 2. The van der Waals surface area contributed by atoms with Crippen molar-refractivity contribution in [1.29, 1.82) is 0 Å². The van der Waals surface area contributed by atoms with Crippen LogP contribution in [0.5, 0.6) is 17.6 Å². The summed E-state index contributed by atoms with van der Waals surface area (Å²) >= 11 is 5.93. The number of carboxylic acids is 1. The maximum atomic E-state index is 14.0. The molecule has 0 aliphatic heterocycles. The number of hydrogen-bond acceptors (Lipinski definition) is 6. The number of carbonyl (C=O) groups is 2. The number of oxazole rings is 1. The number of benzene rings is 3. The molecule has 0 fully saturated rings. The molecule has 0 aliphatic rings. The minimum Gasteiger partial charge on any atom is -0.481 e. The molecule has 1 amide bonds. The number of nitrogens with one attached hydrogen (secondary N) is 1. The van der Waals surface area contributed by atoms with Crippen LogP contribution in [0, 0.1) is 5.82 Å². The van der Waals surface area contributed by atoms with Crippen molar-refractivity contribution in [3.8, 4) is 17.6 Å². The zero-order valence-electron chi connectivity index (χ0n) is 17.0. The molecular weight excluding hydrogens is 455 g/mol. The first-order chi connectivity index (χ1) is 15.8. The van der Waals surface area contributed by atoms with Crippen LogP contribution in [0.15, 0.2) is 65.1 Å². The Balaban J connectivity index is 1.36. The van der Waals surface area contributed by atoms with Crippen molar-refractivity contribution in [3.05, 3.63) is 77.1 Å². The first kappa shape index (κ1) is 22.1. The van der Waals surface area contributed by atoms with E-state index >= 15 is 0 Å². The number of aromatic nitrogens is 1. The number of carbonyl (C=O) groups excluding carboxylic acids is 1. The summed E-state index contributed by atoms with van der Waals surface area (Å²) < 4.78 is 30.7. The lowest BCUT2D eigenvalue weighted by Crippen LogP contribution is -2.30. The minimum atomic E-state index is -1.27. The third kappa shape index (κ3) is 5.21. The lowest BCUT2D eigenvalue weighted by Gasteiger charge is -2.15. The van der Waals surface area contributed by atoms with E-state index in [0.29, 0.717) is 27.6 Å². The van der Waals surface area contributed by atoms with Gasteiger partial charge in [0.25, 0.3) is 5.91 Å². The number of rotatable bonds is 7. The summed E-state index contributed by atoms with van der Waals surface area (Å²) in [4.78, 5) is 27.4. The van der Waals surface area contributed by atoms with Gasteiger partial charge in [0.1, 0.15) is 22.8 Å². The molecule has 0 saturated heterocycles. The Morgan fingerprint density at radius 3 is 2.52 bits per heavy atom. The van der Waals surface area contributed by atoms with Gasteiger partial charge in [0, 0.05) is 11.1 Å². The van der Waals surface area contributed by atoms with Crippen LogP contribution in [0.25, 0.3) is 11.1 Å². The molecule has 168 valence electrons. The average Bonchev–Trinajstić information content (AvgIpc) is 3.17. The summed E-state index contributed by atoms with van der Waals surface area (Å²) in [6.07, 6.45) is -0.915. The number of carboxylic acid groups (broad SMARTS) is 1. The lowest BCUT2D eigenvalue weighted by molar-refractivity contribution is -0.122. The number of amides is 1. The Labute approximate surface area is 191 Å². The molecule has 1 atom stereocenters. The first-order valence-electron chi connectivity index (χ1n) is 9.63. The van der Waals surface area contributed by atoms with E-state index < -0.39 is 23.8 Å². The van der Waals surface area contributed by atoms with Crippen LogP contribution >= 0.6 is 11.6 Å². The summed E-state index contributed by atoms with van der Waals surface area (Å²) in [6, 6.07) is 14.6. The van der Waals surface area contributed by atoms with Gasteiger partial charge in [-0.3, -0.25) is 4.79 Å². The maximum absolute atomic E-state index is 14.0. The van der Waals surface area contributed by atoms with Gasteiger partial charge in [0.2, 0.25) is 0 Å². The Kier molecular flexibility index (Phi) is 6.14. The smallest absolute Gasteiger partial charge is 0.400 e. The van der Waals surface area contributed by atoms with Gasteiger partial charge in [-0.1, -0.05) is 11.6 Å². The van der Waals surface area contributed by atoms with Gasteiger partial charge in [-0.15, -0.1) is 0 Å². The molecule has 0 aliphatic carbocycles. The predicted molar refractivity (Wildman–Crippen MR) is 118 cm³/mol. The maximum Gasteiger partial charge on any atom is 0.400 e. The summed E-state index contributed by atoms with van der Waals surface area (Å²) in [7, 11) is 0. The zero-order chi connectivity index (χ0) is 23.5. The van der Waals surface area contributed by atoms with E-state index in [2.05, 4.69) is 10.3 Å². The molecule has 4 rings (SSSR count). The van der Waals surface area contributed by atoms with E-state index in [1.54, 1.807) is 42.5 Å². The molecule has 4 aromatic rings. The number of halogens is 2. The monoisotopic (exact) mass is 470 g/mol. The highest BCUT2D eigenvalue weighted by atomic mass is 35.5. The molecular formula is C23H16ClFN2O6. The SMILES string of the molecule is C[C@@H](Oc1ccc(Oc2nc3ccc(Cl)cc3o2)cc1)C(=O)Nc1ccc(C(=O)O)cc1F. The molecule has 0 unspecified atom stereocenters. The van der Waals surface area contributed by atoms with Crippen molar-refractivity contribution in [3.63, 3.8) is 0 Å². The fourth-order valence-electron chi connectivity index (χ4n) is 2.85. The Morgan fingerprint density at radius 2 is 1.82 bits per heavy atom. The summed E-state index contributed by atoms with van der Waals surface area (Å²) in [5, 5.41) is 11.8. The highest BCUT2D eigenvalue weighted by Gasteiger charge is 2.18. The third-order valence-electron chi connectivity index (χ3n) is 4.52. The second kappa shape index (κ2) is 9.17. The van der Waals surface area contributed by atoms with Crippen LogP contribution in [0.1, 0.15) is 17.3 Å². The highest BCUT2D eigenvalue weighted by molar-refractivity contribution is 6.31. The van der Waals surface area contributed by atoms with Crippen molar-refractivity contribution in [2.24, 2.45) is 0 Å². The van der Waals surface area contributed by atoms with E-state index in [-0.39, 0.29) is 17.3 Å². The van der Waals surface area contributed by atoms with Crippen molar-refractivity contribution in [1.82, 2.24) is 4.98 Å². The largest absolute Gasteiger partial charge is 0.481 e. The van der Waals surface area contributed by atoms with Crippen molar-refractivity contribution in [2.75, 3.05) is 5.32 Å². The molecule has 3 aromatic carbocycles. The molecule has 0 radical (unpaired) electrons. The van der Waals surface area contributed by atoms with Gasteiger partial charge in [-0.2, -0.15) is 4.98 Å². The van der Waals surface area contributed by atoms with E-state index in [1.807, 2.05) is 0 Å². The van der Waals surface area contributed by atoms with Crippen molar-refractivity contribution in [2.45, 2.75) is 13.0 Å². The highest BCUT2D eigenvalue weighted by Crippen LogP contribution is 2.28. The van der Waals surface area contributed by atoms with E-state index in [4.69, 9.17) is 30.6 Å². The van der Waals surface area contributed by atoms with Crippen molar-refractivity contribution >= 4 is 40.3 Å². The van der Waals surface area contributed by atoms with Gasteiger partial charge in [-0.05, 0) is 61.5 Å². The average molecular weight is 471 g/mol. The molecule has 1 heterocycles. The number of hydrogen-bond donors (Lipinski definition) is 2. The number of aromatic carboxylic acids is 1. The van der Waals surface area contributed by atoms with E-state index in [9.17, 15) is 14.0 Å². The Hall–Kier alpha value is -4.11. The number of anilines is 1. The summed E-state index contributed by atoms with van der Waals surface area (Å²) in [5.41, 5.74) is 0.720. The normalized spacial score (nSPS) is 11.7. The first-order valence-corrected chi connectivity index (χ1v) is 10.0. The Morgan fingerprint density at radius 1 is 1.09 bits per heavy atom. The van der Waals surface area contributed by atoms with Gasteiger partial charge in [-0.25, -0.2) is 9.18 Å². The lowest BCUT2D eigenvalue weighted by atomic mass is 10.2. The molecule has 0 saturated carbocycles. The van der Waals surface area contributed by atoms with Crippen LogP contribution < -0.4 is 14.8 Å². The molecule has 8 nitrogen and oxygen atoms in total. The quantitative estimate of drug-likeness (QED) is 0.366. The van der Waals surface area contributed by atoms with Gasteiger partial charge in [0.05, 0.1) is 11.3 Å². The molecule has 0 spiro atoms. The van der Waals surface area contributed by atoms with Crippen LogP contribution in [0.4, 0.5) is 10.1 Å². The second-order valence-electron chi connectivity index (χ2n) is 6.91. The topological polar surface area (TPSA) is 111 Å².